The van der Waals surface area contributed by atoms with Crippen LogP contribution in [0.4, 0.5) is 10.8 Å². The molecule has 0 bridgehead atoms. The zero-order valence-electron chi connectivity index (χ0n) is 13.9. The van der Waals surface area contributed by atoms with Crippen LogP contribution >= 0.6 is 11.3 Å². The first-order valence-electron chi connectivity index (χ1n) is 8.28. The standard InChI is InChI=1S/C19H16N4O2S/c20-12-13-2-1-3-14(10-13)18(24)21-15-4-5-16-17(11-15)26-19(22-16)23-6-8-25-9-7-23/h1-5,10-11H,6-9H2,(H,21,24). The Morgan fingerprint density at radius 2 is 2.08 bits per heavy atom. The average Bonchev–Trinajstić information content (AvgIpc) is 3.12. The molecule has 130 valence electrons. The zero-order chi connectivity index (χ0) is 17.9. The lowest BCUT2D eigenvalue weighted by Crippen LogP contribution is -2.36. The molecule has 0 spiro atoms. The van der Waals surface area contributed by atoms with Gasteiger partial charge >= 0.3 is 0 Å². The number of amides is 1. The molecule has 1 aliphatic heterocycles. The van der Waals surface area contributed by atoms with E-state index in [0.29, 0.717) is 16.8 Å². The average molecular weight is 364 g/mol. The molecule has 26 heavy (non-hydrogen) atoms. The smallest absolute Gasteiger partial charge is 0.255 e. The van der Waals surface area contributed by atoms with Crippen LogP contribution in [-0.2, 0) is 4.74 Å². The van der Waals surface area contributed by atoms with E-state index in [4.69, 9.17) is 10.00 Å². The normalized spacial score (nSPS) is 14.2. The van der Waals surface area contributed by atoms with Crippen LogP contribution in [0.25, 0.3) is 10.2 Å². The number of thiazole rings is 1. The second kappa shape index (κ2) is 7.12. The molecule has 1 aromatic heterocycles. The predicted molar refractivity (Wildman–Crippen MR) is 102 cm³/mol. The number of carbonyl (C=O) groups excluding carboxylic acids is 1. The van der Waals surface area contributed by atoms with Gasteiger partial charge in [-0.1, -0.05) is 17.4 Å². The number of aromatic nitrogens is 1. The molecule has 4 rings (SSSR count). The van der Waals surface area contributed by atoms with E-state index >= 15 is 0 Å². The number of hydrogen-bond donors (Lipinski definition) is 1. The number of fused-ring (bicyclic) bond motifs is 1. The quantitative estimate of drug-likeness (QED) is 0.772. The fourth-order valence-corrected chi connectivity index (χ4v) is 3.87. The van der Waals surface area contributed by atoms with Gasteiger partial charge in [-0.25, -0.2) is 4.98 Å². The van der Waals surface area contributed by atoms with E-state index in [1.807, 2.05) is 24.3 Å². The predicted octanol–water partition coefficient (Wildman–Crippen LogP) is 3.26. The van der Waals surface area contributed by atoms with Crippen molar-refractivity contribution in [1.82, 2.24) is 4.98 Å². The highest BCUT2D eigenvalue weighted by Crippen LogP contribution is 2.31. The highest BCUT2D eigenvalue weighted by Gasteiger charge is 2.16. The molecule has 2 aromatic carbocycles. The number of hydrogen-bond acceptors (Lipinski definition) is 6. The minimum absolute atomic E-state index is 0.237. The van der Waals surface area contributed by atoms with Crippen molar-refractivity contribution in [3.63, 3.8) is 0 Å². The van der Waals surface area contributed by atoms with Crippen molar-refractivity contribution >= 4 is 38.3 Å². The van der Waals surface area contributed by atoms with Gasteiger partial charge in [0.15, 0.2) is 5.13 Å². The van der Waals surface area contributed by atoms with Crippen molar-refractivity contribution in [2.45, 2.75) is 0 Å². The van der Waals surface area contributed by atoms with Gasteiger partial charge in [-0.15, -0.1) is 0 Å². The van der Waals surface area contributed by atoms with Gasteiger partial charge in [0.2, 0.25) is 0 Å². The maximum absolute atomic E-state index is 12.4. The lowest BCUT2D eigenvalue weighted by atomic mass is 10.1. The summed E-state index contributed by atoms with van der Waals surface area (Å²) in [5.41, 5.74) is 2.55. The van der Waals surface area contributed by atoms with Crippen LogP contribution in [0, 0.1) is 11.3 Å². The van der Waals surface area contributed by atoms with Crippen molar-refractivity contribution in [2.75, 3.05) is 36.5 Å². The molecule has 1 N–H and O–H groups in total. The maximum Gasteiger partial charge on any atom is 0.255 e. The molecular formula is C19H16N4O2S. The molecule has 2 heterocycles. The summed E-state index contributed by atoms with van der Waals surface area (Å²) in [6.07, 6.45) is 0. The van der Waals surface area contributed by atoms with Crippen LogP contribution in [0.1, 0.15) is 15.9 Å². The highest BCUT2D eigenvalue weighted by molar-refractivity contribution is 7.22. The van der Waals surface area contributed by atoms with Gasteiger partial charge in [-0.3, -0.25) is 4.79 Å². The van der Waals surface area contributed by atoms with Crippen LogP contribution in [0.2, 0.25) is 0 Å². The van der Waals surface area contributed by atoms with E-state index < -0.39 is 0 Å². The topological polar surface area (TPSA) is 78.2 Å². The second-order valence-electron chi connectivity index (χ2n) is 5.93. The molecule has 0 atom stereocenters. The largest absolute Gasteiger partial charge is 0.378 e. The Bertz CT molecular complexity index is 1000. The molecule has 6 nitrogen and oxygen atoms in total. The van der Waals surface area contributed by atoms with E-state index in [1.54, 1.807) is 35.6 Å². The van der Waals surface area contributed by atoms with E-state index in [2.05, 4.69) is 15.2 Å². The summed E-state index contributed by atoms with van der Waals surface area (Å²) in [5, 5.41) is 12.8. The van der Waals surface area contributed by atoms with Gasteiger partial charge in [0.25, 0.3) is 5.91 Å². The number of nitrogens with zero attached hydrogens (tertiary/aromatic N) is 3. The van der Waals surface area contributed by atoms with Gasteiger partial charge in [0, 0.05) is 24.3 Å². The van der Waals surface area contributed by atoms with Crippen LogP contribution in [0.15, 0.2) is 42.5 Å². The van der Waals surface area contributed by atoms with Crippen LogP contribution in [0.3, 0.4) is 0 Å². The summed E-state index contributed by atoms with van der Waals surface area (Å²) in [4.78, 5) is 19.3. The van der Waals surface area contributed by atoms with Crippen molar-refractivity contribution < 1.29 is 9.53 Å². The Labute approximate surface area is 154 Å². The van der Waals surface area contributed by atoms with E-state index in [0.717, 1.165) is 41.7 Å². The maximum atomic E-state index is 12.4. The third-order valence-corrected chi connectivity index (χ3v) is 5.25. The molecule has 0 radical (unpaired) electrons. The minimum atomic E-state index is -0.237. The molecule has 1 amide bonds. The molecule has 1 aliphatic rings. The summed E-state index contributed by atoms with van der Waals surface area (Å²) < 4.78 is 6.41. The lowest BCUT2D eigenvalue weighted by Gasteiger charge is -2.25. The number of nitriles is 1. The fourth-order valence-electron chi connectivity index (χ4n) is 2.81. The first-order chi connectivity index (χ1) is 12.7. The Morgan fingerprint density at radius 1 is 1.23 bits per heavy atom. The van der Waals surface area contributed by atoms with Gasteiger partial charge in [0.05, 0.1) is 35.1 Å². The summed E-state index contributed by atoms with van der Waals surface area (Å²) >= 11 is 1.61. The Kier molecular flexibility index (Phi) is 4.52. The van der Waals surface area contributed by atoms with Crippen LogP contribution in [-0.4, -0.2) is 37.2 Å². The molecule has 0 saturated carbocycles. The summed E-state index contributed by atoms with van der Waals surface area (Å²) in [6, 6.07) is 14.4. The molecule has 1 fully saturated rings. The number of morpholine rings is 1. The van der Waals surface area contributed by atoms with Crippen molar-refractivity contribution in [3.05, 3.63) is 53.6 Å². The number of nitrogens with one attached hydrogen (secondary N) is 1. The van der Waals surface area contributed by atoms with E-state index in [9.17, 15) is 4.79 Å². The van der Waals surface area contributed by atoms with Crippen LogP contribution < -0.4 is 10.2 Å². The van der Waals surface area contributed by atoms with Crippen molar-refractivity contribution in [1.29, 1.82) is 5.26 Å². The summed E-state index contributed by atoms with van der Waals surface area (Å²) in [7, 11) is 0. The Hall–Kier alpha value is -2.95. The number of carbonyl (C=O) groups is 1. The monoisotopic (exact) mass is 364 g/mol. The van der Waals surface area contributed by atoms with E-state index in [-0.39, 0.29) is 5.91 Å². The molecule has 3 aromatic rings. The van der Waals surface area contributed by atoms with Crippen LogP contribution in [0.5, 0.6) is 0 Å². The fraction of sp³-hybridized carbons (Fsp3) is 0.211. The number of ether oxygens (including phenoxy) is 1. The zero-order valence-corrected chi connectivity index (χ0v) is 14.8. The first kappa shape index (κ1) is 16.5. The Morgan fingerprint density at radius 3 is 2.88 bits per heavy atom. The molecule has 7 heteroatoms. The summed E-state index contributed by atoms with van der Waals surface area (Å²) in [6.45, 7) is 3.13. The van der Waals surface area contributed by atoms with Gasteiger partial charge in [-0.05, 0) is 36.4 Å². The molecule has 0 unspecified atom stereocenters. The molecular weight excluding hydrogens is 348 g/mol. The minimum Gasteiger partial charge on any atom is -0.378 e. The first-order valence-corrected chi connectivity index (χ1v) is 9.09. The Balaban J connectivity index is 1.55. The number of benzene rings is 2. The highest BCUT2D eigenvalue weighted by atomic mass is 32.1. The van der Waals surface area contributed by atoms with Crippen molar-refractivity contribution in [2.24, 2.45) is 0 Å². The third-order valence-electron chi connectivity index (χ3n) is 4.17. The third kappa shape index (κ3) is 3.38. The lowest BCUT2D eigenvalue weighted by molar-refractivity contribution is 0.102. The van der Waals surface area contributed by atoms with Gasteiger partial charge in [0.1, 0.15) is 0 Å². The van der Waals surface area contributed by atoms with Crippen molar-refractivity contribution in [3.8, 4) is 6.07 Å². The number of anilines is 2. The SMILES string of the molecule is N#Cc1cccc(C(=O)Nc2ccc3nc(N4CCOCC4)sc3c2)c1. The molecule has 1 saturated heterocycles. The van der Waals surface area contributed by atoms with Gasteiger partial charge < -0.3 is 15.0 Å². The summed E-state index contributed by atoms with van der Waals surface area (Å²) in [5.74, 6) is -0.237. The number of rotatable bonds is 3. The van der Waals surface area contributed by atoms with E-state index in [1.165, 1.54) is 0 Å². The molecule has 0 aliphatic carbocycles. The van der Waals surface area contributed by atoms with Gasteiger partial charge in [-0.2, -0.15) is 5.26 Å². The second-order valence-corrected chi connectivity index (χ2v) is 6.93.